The Balaban J connectivity index is 1.42. The molecule has 5 heteroatoms. The van der Waals surface area contributed by atoms with Gasteiger partial charge in [-0.15, -0.1) is 0 Å². The second kappa shape index (κ2) is 7.04. The first-order chi connectivity index (χ1) is 13.3. The van der Waals surface area contributed by atoms with E-state index in [1.165, 1.54) is 12.8 Å². The third kappa shape index (κ3) is 3.66. The molecule has 28 heavy (non-hydrogen) atoms. The number of amides is 2. The molecule has 5 nitrogen and oxygen atoms in total. The van der Waals surface area contributed by atoms with Gasteiger partial charge in [0.1, 0.15) is 12.4 Å². The number of benzene rings is 1. The second-order valence-electron chi connectivity index (χ2n) is 8.37. The van der Waals surface area contributed by atoms with Gasteiger partial charge in [-0.25, -0.2) is 0 Å². The van der Waals surface area contributed by atoms with Gasteiger partial charge in [0.2, 0.25) is 11.8 Å². The molecular weight excluding hydrogens is 352 g/mol. The van der Waals surface area contributed by atoms with Crippen LogP contribution in [0, 0.1) is 12.3 Å². The zero-order valence-corrected chi connectivity index (χ0v) is 16.6. The number of carbonyl (C=O) groups is 2. The van der Waals surface area contributed by atoms with Crippen molar-refractivity contribution in [3.8, 4) is 5.75 Å². The van der Waals surface area contributed by atoms with Crippen LogP contribution in [-0.4, -0.2) is 16.8 Å². The van der Waals surface area contributed by atoms with Crippen LogP contribution in [0.3, 0.4) is 0 Å². The third-order valence-electron chi connectivity index (χ3n) is 6.08. The molecule has 0 radical (unpaired) electrons. The summed E-state index contributed by atoms with van der Waals surface area (Å²) < 4.78 is 5.99. The number of hydrogen-bond donors (Lipinski definition) is 1. The molecule has 2 aromatic rings. The van der Waals surface area contributed by atoms with Crippen molar-refractivity contribution < 1.29 is 14.3 Å². The zero-order valence-electron chi connectivity index (χ0n) is 16.6. The fourth-order valence-corrected chi connectivity index (χ4v) is 3.85. The number of aryl methyl sites for hydroxylation is 1. The number of rotatable bonds is 6. The van der Waals surface area contributed by atoms with Gasteiger partial charge < -0.3 is 4.74 Å². The molecule has 2 amide bonds. The van der Waals surface area contributed by atoms with Crippen molar-refractivity contribution in [3.05, 3.63) is 58.9 Å². The molecule has 1 saturated heterocycles. The van der Waals surface area contributed by atoms with Gasteiger partial charge in [0.15, 0.2) is 0 Å². The molecule has 0 spiro atoms. The molecule has 2 atom stereocenters. The number of aromatic nitrogens is 1. The van der Waals surface area contributed by atoms with E-state index in [0.717, 1.165) is 28.3 Å². The molecule has 1 N–H and O–H groups in total. The Morgan fingerprint density at radius 1 is 1.21 bits per heavy atom. The maximum atomic E-state index is 12.2. The topological polar surface area (TPSA) is 68.3 Å². The van der Waals surface area contributed by atoms with E-state index in [-0.39, 0.29) is 24.2 Å². The molecule has 1 aliphatic carbocycles. The number of imide groups is 1. The van der Waals surface area contributed by atoms with Gasteiger partial charge in [0.25, 0.3) is 0 Å². The molecule has 1 aliphatic heterocycles. The van der Waals surface area contributed by atoms with Crippen molar-refractivity contribution in [2.75, 3.05) is 0 Å². The first-order valence-corrected chi connectivity index (χ1v) is 9.89. The highest BCUT2D eigenvalue weighted by atomic mass is 16.5. The Labute approximate surface area is 165 Å². The number of nitrogens with one attached hydrogen (secondary N) is 1. The lowest BCUT2D eigenvalue weighted by Gasteiger charge is -2.28. The van der Waals surface area contributed by atoms with Crippen LogP contribution in [0.4, 0.5) is 0 Å². The van der Waals surface area contributed by atoms with Crippen molar-refractivity contribution in [3.63, 3.8) is 0 Å². The van der Waals surface area contributed by atoms with Crippen LogP contribution in [-0.2, 0) is 16.2 Å². The SMILES string of the molecule is Cc1cc(OCc2ccc(C(C)C3(C)CC(=O)NC3=O)cc2)cc(C2CC2)n1. The van der Waals surface area contributed by atoms with E-state index in [9.17, 15) is 9.59 Å². The fourth-order valence-electron chi connectivity index (χ4n) is 3.85. The lowest BCUT2D eigenvalue weighted by molar-refractivity contribution is -0.128. The molecular formula is C23H26N2O3. The monoisotopic (exact) mass is 378 g/mol. The van der Waals surface area contributed by atoms with Crippen LogP contribution < -0.4 is 10.1 Å². The molecule has 0 bridgehead atoms. The lowest BCUT2D eigenvalue weighted by Crippen LogP contribution is -2.33. The number of nitrogens with zero attached hydrogens (tertiary/aromatic N) is 1. The van der Waals surface area contributed by atoms with E-state index in [1.807, 2.05) is 51.1 Å². The number of ether oxygens (including phenoxy) is 1. The summed E-state index contributed by atoms with van der Waals surface area (Å²) in [6.45, 7) is 6.35. The average molecular weight is 378 g/mol. The van der Waals surface area contributed by atoms with E-state index in [2.05, 4.69) is 16.4 Å². The largest absolute Gasteiger partial charge is 0.489 e. The summed E-state index contributed by atoms with van der Waals surface area (Å²) >= 11 is 0. The van der Waals surface area contributed by atoms with E-state index in [0.29, 0.717) is 12.5 Å². The number of carbonyl (C=O) groups excluding carboxylic acids is 2. The molecule has 2 unspecified atom stereocenters. The van der Waals surface area contributed by atoms with Gasteiger partial charge in [-0.3, -0.25) is 19.9 Å². The van der Waals surface area contributed by atoms with Crippen LogP contribution in [0.5, 0.6) is 5.75 Å². The Morgan fingerprint density at radius 2 is 1.93 bits per heavy atom. The molecule has 2 heterocycles. The standard InChI is InChI=1S/C23H26N2O3/c1-14-10-19(11-20(24-14)18-8-9-18)28-13-16-4-6-17(7-5-16)15(2)23(3)12-21(26)25-22(23)27/h4-7,10-11,15,18H,8-9,12-13H2,1-3H3,(H,25,26,27). The summed E-state index contributed by atoms with van der Waals surface area (Å²) in [4.78, 5) is 28.4. The summed E-state index contributed by atoms with van der Waals surface area (Å²) in [5.74, 6) is 1.04. The van der Waals surface area contributed by atoms with Gasteiger partial charge >= 0.3 is 0 Å². The highest BCUT2D eigenvalue weighted by Gasteiger charge is 2.46. The van der Waals surface area contributed by atoms with Gasteiger partial charge in [-0.2, -0.15) is 0 Å². The van der Waals surface area contributed by atoms with Crippen LogP contribution >= 0.6 is 0 Å². The molecule has 1 aromatic heterocycles. The van der Waals surface area contributed by atoms with E-state index >= 15 is 0 Å². The summed E-state index contributed by atoms with van der Waals surface area (Å²) in [5, 5.41) is 2.43. The quantitative estimate of drug-likeness (QED) is 0.772. The maximum absolute atomic E-state index is 12.2. The molecule has 4 rings (SSSR count). The lowest BCUT2D eigenvalue weighted by atomic mass is 9.73. The van der Waals surface area contributed by atoms with Crippen molar-refractivity contribution in [2.24, 2.45) is 5.41 Å². The Bertz CT molecular complexity index is 918. The van der Waals surface area contributed by atoms with Gasteiger partial charge in [-0.05, 0) is 43.7 Å². The normalized spacial score (nSPS) is 22.8. The second-order valence-corrected chi connectivity index (χ2v) is 8.37. The first-order valence-electron chi connectivity index (χ1n) is 9.89. The summed E-state index contributed by atoms with van der Waals surface area (Å²) in [7, 11) is 0. The highest BCUT2D eigenvalue weighted by Crippen LogP contribution is 2.42. The summed E-state index contributed by atoms with van der Waals surface area (Å²) in [5.41, 5.74) is 3.54. The fraction of sp³-hybridized carbons (Fsp3) is 0.435. The van der Waals surface area contributed by atoms with E-state index in [4.69, 9.17) is 4.74 Å². The molecule has 146 valence electrons. The smallest absolute Gasteiger partial charge is 0.233 e. The van der Waals surface area contributed by atoms with Crippen molar-refractivity contribution in [1.29, 1.82) is 0 Å². The average Bonchev–Trinajstić information content (AvgIpc) is 3.47. The Morgan fingerprint density at radius 3 is 2.54 bits per heavy atom. The van der Waals surface area contributed by atoms with Crippen LogP contribution in [0.25, 0.3) is 0 Å². The van der Waals surface area contributed by atoms with Gasteiger partial charge in [0.05, 0.1) is 5.41 Å². The maximum Gasteiger partial charge on any atom is 0.233 e. The Kier molecular flexibility index (Phi) is 4.69. The van der Waals surface area contributed by atoms with Crippen LogP contribution in [0.15, 0.2) is 36.4 Å². The predicted octanol–water partition coefficient (Wildman–Crippen LogP) is 4.00. The predicted molar refractivity (Wildman–Crippen MR) is 106 cm³/mol. The molecule has 2 fully saturated rings. The van der Waals surface area contributed by atoms with Gasteiger partial charge in [-0.1, -0.05) is 31.2 Å². The van der Waals surface area contributed by atoms with E-state index < -0.39 is 5.41 Å². The Hall–Kier alpha value is -2.69. The molecule has 1 aromatic carbocycles. The minimum atomic E-state index is -0.692. The van der Waals surface area contributed by atoms with E-state index in [1.54, 1.807) is 0 Å². The summed E-state index contributed by atoms with van der Waals surface area (Å²) in [6, 6.07) is 12.1. The van der Waals surface area contributed by atoms with Crippen LogP contribution in [0.1, 0.15) is 67.5 Å². The van der Waals surface area contributed by atoms with Crippen molar-refractivity contribution in [1.82, 2.24) is 10.3 Å². The number of pyridine rings is 1. The number of hydrogen-bond acceptors (Lipinski definition) is 4. The third-order valence-corrected chi connectivity index (χ3v) is 6.08. The highest BCUT2D eigenvalue weighted by molar-refractivity contribution is 6.06. The van der Waals surface area contributed by atoms with Gasteiger partial charge in [0, 0.05) is 35.9 Å². The molecule has 1 saturated carbocycles. The molecule has 2 aliphatic rings. The van der Waals surface area contributed by atoms with Crippen molar-refractivity contribution in [2.45, 2.75) is 58.5 Å². The first kappa shape index (κ1) is 18.7. The van der Waals surface area contributed by atoms with Crippen LogP contribution in [0.2, 0.25) is 0 Å². The van der Waals surface area contributed by atoms with Crippen molar-refractivity contribution >= 4 is 11.8 Å². The minimum absolute atomic E-state index is 0.0436. The summed E-state index contributed by atoms with van der Waals surface area (Å²) in [6.07, 6.45) is 2.68. The zero-order chi connectivity index (χ0) is 19.9. The minimum Gasteiger partial charge on any atom is -0.489 e.